The predicted octanol–water partition coefficient (Wildman–Crippen LogP) is 3.62. The van der Waals surface area contributed by atoms with Crippen LogP contribution in [0.25, 0.3) is 0 Å². The second kappa shape index (κ2) is 10.9. The van der Waals surface area contributed by atoms with E-state index in [9.17, 15) is 14.4 Å². The first-order chi connectivity index (χ1) is 13.3. The number of esters is 1. The highest BCUT2D eigenvalue weighted by Gasteiger charge is 2.39. The highest BCUT2D eigenvalue weighted by atomic mass is 32.2. The van der Waals surface area contributed by atoms with Crippen LogP contribution in [-0.4, -0.2) is 59.6 Å². The summed E-state index contributed by atoms with van der Waals surface area (Å²) in [6, 6.07) is -0.562. The number of carbonyl (C=O) groups is 3. The summed E-state index contributed by atoms with van der Waals surface area (Å²) in [7, 11) is 1.38. The van der Waals surface area contributed by atoms with Gasteiger partial charge in [-0.15, -0.1) is 0 Å². The van der Waals surface area contributed by atoms with Crippen molar-refractivity contribution >= 4 is 29.9 Å². The lowest BCUT2D eigenvalue weighted by Crippen LogP contribution is -2.54. The lowest BCUT2D eigenvalue weighted by Gasteiger charge is -2.29. The van der Waals surface area contributed by atoms with Crippen LogP contribution in [0.3, 0.4) is 0 Å². The van der Waals surface area contributed by atoms with Crippen LogP contribution in [0, 0.1) is 0 Å². The summed E-state index contributed by atoms with van der Waals surface area (Å²) in [6.07, 6.45) is 1.68. The average Bonchev–Trinajstić information content (AvgIpc) is 2.89. The number of amides is 2. The molecule has 8 nitrogen and oxygen atoms in total. The molecule has 1 aliphatic heterocycles. The second-order valence-electron chi connectivity index (χ2n) is 9.12. The molecule has 0 saturated carbocycles. The first-order valence-electron chi connectivity index (χ1n) is 9.98. The number of rotatable bonds is 7. The van der Waals surface area contributed by atoms with Gasteiger partial charge in [-0.1, -0.05) is 6.42 Å². The van der Waals surface area contributed by atoms with Gasteiger partial charge in [-0.2, -0.15) is 11.8 Å². The van der Waals surface area contributed by atoms with E-state index in [0.29, 0.717) is 18.6 Å². The number of thioether (sulfide) groups is 1. The quantitative estimate of drug-likeness (QED) is 0.360. The monoisotopic (exact) mass is 432 g/mol. The smallest absolute Gasteiger partial charge is 0.407 e. The number of alkyl carbamates (subject to hydrolysis) is 2. The fourth-order valence-electron chi connectivity index (χ4n) is 2.90. The maximum atomic E-state index is 12.3. The maximum absolute atomic E-state index is 12.3. The Balaban J connectivity index is 2.72. The topological polar surface area (TPSA) is 103 Å². The van der Waals surface area contributed by atoms with E-state index in [0.717, 1.165) is 12.8 Å². The Bertz CT molecular complexity index is 570. The Morgan fingerprint density at radius 2 is 1.48 bits per heavy atom. The van der Waals surface area contributed by atoms with Crippen molar-refractivity contribution in [2.45, 2.75) is 95.8 Å². The molecule has 0 spiro atoms. The van der Waals surface area contributed by atoms with Crippen LogP contribution in [0.2, 0.25) is 0 Å². The van der Waals surface area contributed by atoms with Crippen molar-refractivity contribution in [1.82, 2.24) is 10.6 Å². The first-order valence-corrected chi connectivity index (χ1v) is 11.0. The van der Waals surface area contributed by atoms with E-state index in [1.807, 2.05) is 0 Å². The molecule has 3 atom stereocenters. The standard InChI is InChI=1S/C20H36N2O6S/c1-19(2,3)27-17(24)21-13-12-29-14(10-8-9-11-15(23)26-7)16(13)22-18(25)28-20(4,5)6/h13-14,16H,8-12H2,1-7H3,(H,21,24)(H,22,25)/t13-,14-,16-/m0/s1. The minimum absolute atomic E-state index is 0.0973. The van der Waals surface area contributed by atoms with Gasteiger partial charge in [0.05, 0.1) is 19.2 Å². The lowest BCUT2D eigenvalue weighted by molar-refractivity contribution is -0.140. The molecule has 0 aromatic heterocycles. The van der Waals surface area contributed by atoms with Gasteiger partial charge in [-0.3, -0.25) is 4.79 Å². The van der Waals surface area contributed by atoms with Gasteiger partial charge < -0.3 is 24.8 Å². The molecule has 168 valence electrons. The first kappa shape index (κ1) is 25.4. The molecule has 0 aromatic carbocycles. The van der Waals surface area contributed by atoms with Crippen LogP contribution < -0.4 is 10.6 Å². The van der Waals surface area contributed by atoms with Crippen molar-refractivity contribution in [2.75, 3.05) is 12.9 Å². The number of unbranched alkanes of at least 4 members (excludes halogenated alkanes) is 1. The third kappa shape index (κ3) is 10.6. The molecular formula is C20H36N2O6S. The summed E-state index contributed by atoms with van der Waals surface area (Å²) < 4.78 is 15.4. The van der Waals surface area contributed by atoms with Gasteiger partial charge in [0.1, 0.15) is 11.2 Å². The number of ether oxygens (including phenoxy) is 3. The van der Waals surface area contributed by atoms with Gasteiger partial charge in [-0.25, -0.2) is 9.59 Å². The van der Waals surface area contributed by atoms with E-state index in [2.05, 4.69) is 15.4 Å². The van der Waals surface area contributed by atoms with Crippen molar-refractivity contribution in [1.29, 1.82) is 0 Å². The molecule has 2 N–H and O–H groups in total. The minimum atomic E-state index is -0.611. The van der Waals surface area contributed by atoms with Crippen LogP contribution >= 0.6 is 11.8 Å². The molecule has 29 heavy (non-hydrogen) atoms. The minimum Gasteiger partial charge on any atom is -0.469 e. The van der Waals surface area contributed by atoms with Crippen LogP contribution in [-0.2, 0) is 19.0 Å². The molecule has 1 saturated heterocycles. The molecule has 1 aliphatic rings. The molecule has 0 aliphatic carbocycles. The summed E-state index contributed by atoms with van der Waals surface area (Å²) in [5.41, 5.74) is -1.21. The lowest BCUT2D eigenvalue weighted by atomic mass is 10.0. The van der Waals surface area contributed by atoms with Gasteiger partial charge >= 0.3 is 18.2 Å². The predicted molar refractivity (Wildman–Crippen MR) is 113 cm³/mol. The van der Waals surface area contributed by atoms with Crippen molar-refractivity contribution in [3.63, 3.8) is 0 Å². The third-order valence-electron chi connectivity index (χ3n) is 4.06. The number of hydrogen-bond acceptors (Lipinski definition) is 7. The Morgan fingerprint density at radius 1 is 0.931 bits per heavy atom. The summed E-state index contributed by atoms with van der Waals surface area (Å²) in [5.74, 6) is 0.429. The van der Waals surface area contributed by atoms with E-state index in [4.69, 9.17) is 9.47 Å². The molecule has 2 amide bonds. The molecule has 9 heteroatoms. The number of hydrogen-bond donors (Lipinski definition) is 2. The SMILES string of the molecule is COC(=O)CCCC[C@@H]1SC[C@H](NC(=O)OC(C)(C)C)[C@@H]1NC(=O)OC(C)(C)C. The van der Waals surface area contributed by atoms with Crippen LogP contribution in [0.5, 0.6) is 0 Å². The van der Waals surface area contributed by atoms with Gasteiger partial charge in [0.15, 0.2) is 0 Å². The van der Waals surface area contributed by atoms with Crippen molar-refractivity contribution in [2.24, 2.45) is 0 Å². The molecule has 0 radical (unpaired) electrons. The van der Waals surface area contributed by atoms with E-state index in [-0.39, 0.29) is 23.3 Å². The summed E-state index contributed by atoms with van der Waals surface area (Å²) in [4.78, 5) is 35.8. The Hall–Kier alpha value is -1.64. The van der Waals surface area contributed by atoms with Crippen molar-refractivity contribution in [3.05, 3.63) is 0 Å². The van der Waals surface area contributed by atoms with E-state index < -0.39 is 23.4 Å². The molecule has 1 rings (SSSR count). The van der Waals surface area contributed by atoms with Gasteiger partial charge in [0, 0.05) is 17.4 Å². The molecule has 0 aromatic rings. The Labute approximate surface area is 178 Å². The molecule has 1 fully saturated rings. The largest absolute Gasteiger partial charge is 0.469 e. The highest BCUT2D eigenvalue weighted by Crippen LogP contribution is 2.32. The second-order valence-corrected chi connectivity index (χ2v) is 10.4. The third-order valence-corrected chi connectivity index (χ3v) is 5.57. The Kier molecular flexibility index (Phi) is 9.58. The normalized spacial score (nSPS) is 22.0. The van der Waals surface area contributed by atoms with Crippen LogP contribution in [0.1, 0.15) is 67.2 Å². The molecule has 0 unspecified atom stereocenters. The number of nitrogens with one attached hydrogen (secondary N) is 2. The summed E-state index contributed by atoms with van der Waals surface area (Å²) >= 11 is 1.69. The van der Waals surface area contributed by atoms with Gasteiger partial charge in [-0.05, 0) is 54.4 Å². The fourth-order valence-corrected chi connectivity index (χ4v) is 4.44. The zero-order valence-electron chi connectivity index (χ0n) is 18.6. The van der Waals surface area contributed by atoms with Gasteiger partial charge in [0.2, 0.25) is 0 Å². The molecule has 0 bridgehead atoms. The average molecular weight is 433 g/mol. The highest BCUT2D eigenvalue weighted by molar-refractivity contribution is 8.00. The van der Waals surface area contributed by atoms with Crippen molar-refractivity contribution < 1.29 is 28.6 Å². The fraction of sp³-hybridized carbons (Fsp3) is 0.850. The summed E-state index contributed by atoms with van der Waals surface area (Å²) in [6.45, 7) is 10.8. The van der Waals surface area contributed by atoms with E-state index in [1.54, 1.807) is 53.3 Å². The van der Waals surface area contributed by atoms with Crippen LogP contribution in [0.4, 0.5) is 9.59 Å². The zero-order valence-corrected chi connectivity index (χ0v) is 19.4. The van der Waals surface area contributed by atoms with Crippen molar-refractivity contribution in [3.8, 4) is 0 Å². The van der Waals surface area contributed by atoms with Crippen LogP contribution in [0.15, 0.2) is 0 Å². The zero-order chi connectivity index (χ0) is 22.2. The van der Waals surface area contributed by atoms with E-state index >= 15 is 0 Å². The number of carbonyl (C=O) groups excluding carboxylic acids is 3. The Morgan fingerprint density at radius 3 is 2.00 bits per heavy atom. The van der Waals surface area contributed by atoms with E-state index in [1.165, 1.54) is 7.11 Å². The van der Waals surface area contributed by atoms with Gasteiger partial charge in [0.25, 0.3) is 0 Å². The summed E-state index contributed by atoms with van der Waals surface area (Å²) in [5, 5.41) is 5.89. The molecule has 1 heterocycles. The maximum Gasteiger partial charge on any atom is 0.407 e. The molecular weight excluding hydrogens is 396 g/mol. The number of methoxy groups -OCH3 is 1.